The van der Waals surface area contributed by atoms with Gasteiger partial charge in [-0.05, 0) is 61.4 Å². The average molecular weight is 454 g/mol. The number of rotatable bonds is 5. The molecule has 0 unspecified atom stereocenters. The van der Waals surface area contributed by atoms with E-state index in [4.69, 9.17) is 9.26 Å². The van der Waals surface area contributed by atoms with Crippen molar-refractivity contribution in [3.8, 4) is 22.8 Å². The number of aryl methyl sites for hydroxylation is 2. The molecule has 5 aromatic rings. The molecule has 0 amide bonds. The molecule has 0 aliphatic carbocycles. The molecular formula is C26H22N4O4. The third kappa shape index (κ3) is 3.69. The minimum absolute atomic E-state index is 0.0153. The summed E-state index contributed by atoms with van der Waals surface area (Å²) in [5.41, 5.74) is 2.96. The maximum Gasteiger partial charge on any atom is 0.336 e. The normalized spacial score (nSPS) is 11.1. The van der Waals surface area contributed by atoms with Crippen LogP contribution in [0.3, 0.4) is 0 Å². The second-order valence-corrected chi connectivity index (χ2v) is 8.04. The molecule has 2 aromatic heterocycles. The van der Waals surface area contributed by atoms with Gasteiger partial charge in [-0.25, -0.2) is 9.36 Å². The van der Waals surface area contributed by atoms with Crippen molar-refractivity contribution >= 4 is 10.9 Å². The van der Waals surface area contributed by atoms with Gasteiger partial charge in [0, 0.05) is 5.56 Å². The maximum atomic E-state index is 13.6. The number of benzene rings is 3. The van der Waals surface area contributed by atoms with Gasteiger partial charge in [-0.2, -0.15) is 4.98 Å². The molecule has 0 atom stereocenters. The molecule has 170 valence electrons. The van der Waals surface area contributed by atoms with Crippen LogP contribution in [-0.2, 0) is 6.54 Å². The van der Waals surface area contributed by atoms with Crippen molar-refractivity contribution in [1.82, 2.24) is 19.3 Å². The molecule has 3 aromatic carbocycles. The monoisotopic (exact) mass is 454 g/mol. The van der Waals surface area contributed by atoms with E-state index in [0.717, 1.165) is 16.7 Å². The summed E-state index contributed by atoms with van der Waals surface area (Å²) in [7, 11) is 1.59. The predicted molar refractivity (Wildman–Crippen MR) is 129 cm³/mol. The van der Waals surface area contributed by atoms with E-state index in [1.807, 2.05) is 44.2 Å². The van der Waals surface area contributed by atoms with Crippen LogP contribution in [0.25, 0.3) is 28.0 Å². The van der Waals surface area contributed by atoms with E-state index in [9.17, 15) is 9.59 Å². The van der Waals surface area contributed by atoms with Gasteiger partial charge in [-0.1, -0.05) is 35.5 Å². The zero-order chi connectivity index (χ0) is 23.8. The molecular weight excluding hydrogens is 432 g/mol. The fraction of sp³-hybridized carbons (Fsp3) is 0.154. The standard InChI is InChI=1S/C26H22N4O4/c1-16-11-12-19(13-17(16)2)30-25(31)21-9-4-5-10-22(21)29(26(30)32)15-23-27-24(28-34-23)18-7-6-8-20(14-18)33-3/h4-14H,15H2,1-3H3. The van der Waals surface area contributed by atoms with Crippen LogP contribution in [0.4, 0.5) is 0 Å². The second kappa shape index (κ2) is 8.47. The molecule has 0 N–H and O–H groups in total. The van der Waals surface area contributed by atoms with Crippen LogP contribution in [0.5, 0.6) is 5.75 Å². The molecule has 0 saturated heterocycles. The number of aromatic nitrogens is 4. The lowest BCUT2D eigenvalue weighted by molar-refractivity contribution is 0.370. The molecule has 0 fully saturated rings. The fourth-order valence-electron chi connectivity index (χ4n) is 3.90. The van der Waals surface area contributed by atoms with Gasteiger partial charge in [0.05, 0.1) is 23.7 Å². The van der Waals surface area contributed by atoms with Crippen LogP contribution in [0, 0.1) is 13.8 Å². The lowest BCUT2D eigenvalue weighted by Crippen LogP contribution is -2.39. The fourth-order valence-corrected chi connectivity index (χ4v) is 3.90. The van der Waals surface area contributed by atoms with Crippen molar-refractivity contribution in [1.29, 1.82) is 0 Å². The summed E-state index contributed by atoms with van der Waals surface area (Å²) < 4.78 is 13.4. The highest BCUT2D eigenvalue weighted by Crippen LogP contribution is 2.22. The van der Waals surface area contributed by atoms with E-state index in [-0.39, 0.29) is 18.0 Å². The van der Waals surface area contributed by atoms with Gasteiger partial charge in [-0.3, -0.25) is 9.36 Å². The summed E-state index contributed by atoms with van der Waals surface area (Å²) in [6, 6.07) is 19.8. The largest absolute Gasteiger partial charge is 0.497 e. The molecule has 0 aliphatic rings. The summed E-state index contributed by atoms with van der Waals surface area (Å²) in [6.07, 6.45) is 0. The third-order valence-electron chi connectivity index (χ3n) is 5.89. The average Bonchev–Trinajstić information content (AvgIpc) is 3.33. The minimum Gasteiger partial charge on any atom is -0.497 e. The second-order valence-electron chi connectivity index (χ2n) is 8.04. The molecule has 2 heterocycles. The first kappa shape index (κ1) is 21.4. The predicted octanol–water partition coefficient (Wildman–Crippen LogP) is 3.88. The van der Waals surface area contributed by atoms with Gasteiger partial charge >= 0.3 is 5.69 Å². The first-order chi connectivity index (χ1) is 16.5. The maximum absolute atomic E-state index is 13.6. The molecule has 0 radical (unpaired) electrons. The number of fused-ring (bicyclic) bond motifs is 1. The van der Waals surface area contributed by atoms with Crippen molar-refractivity contribution in [2.45, 2.75) is 20.4 Å². The number of hydrogen-bond donors (Lipinski definition) is 0. The first-order valence-corrected chi connectivity index (χ1v) is 10.8. The number of hydrogen-bond acceptors (Lipinski definition) is 6. The molecule has 34 heavy (non-hydrogen) atoms. The van der Waals surface area contributed by atoms with Crippen LogP contribution in [0.1, 0.15) is 17.0 Å². The van der Waals surface area contributed by atoms with E-state index in [2.05, 4.69) is 10.1 Å². The molecule has 8 nitrogen and oxygen atoms in total. The molecule has 0 aliphatic heterocycles. The van der Waals surface area contributed by atoms with E-state index >= 15 is 0 Å². The van der Waals surface area contributed by atoms with E-state index < -0.39 is 5.69 Å². The first-order valence-electron chi connectivity index (χ1n) is 10.8. The van der Waals surface area contributed by atoms with Crippen LogP contribution in [0.2, 0.25) is 0 Å². The highest BCUT2D eigenvalue weighted by Gasteiger charge is 2.18. The number of para-hydroxylation sites is 1. The van der Waals surface area contributed by atoms with Crippen molar-refractivity contribution in [2.24, 2.45) is 0 Å². The van der Waals surface area contributed by atoms with Crippen LogP contribution >= 0.6 is 0 Å². The smallest absolute Gasteiger partial charge is 0.336 e. The Balaban J connectivity index is 1.64. The van der Waals surface area contributed by atoms with E-state index in [1.54, 1.807) is 43.5 Å². The highest BCUT2D eigenvalue weighted by atomic mass is 16.5. The Morgan fingerprint density at radius 1 is 0.941 bits per heavy atom. The number of nitrogens with zero attached hydrogens (tertiary/aromatic N) is 4. The number of methoxy groups -OCH3 is 1. The Labute approximate surface area is 194 Å². The van der Waals surface area contributed by atoms with Gasteiger partial charge in [0.2, 0.25) is 11.7 Å². The Bertz CT molecular complexity index is 1650. The topological polar surface area (TPSA) is 92.2 Å². The molecule has 0 saturated carbocycles. The third-order valence-corrected chi connectivity index (χ3v) is 5.89. The highest BCUT2D eigenvalue weighted by molar-refractivity contribution is 5.78. The lowest BCUT2D eigenvalue weighted by Gasteiger charge is -2.13. The van der Waals surface area contributed by atoms with Gasteiger partial charge < -0.3 is 9.26 Å². The zero-order valence-electron chi connectivity index (χ0n) is 19.0. The van der Waals surface area contributed by atoms with Crippen LogP contribution in [0.15, 0.2) is 80.8 Å². The van der Waals surface area contributed by atoms with Gasteiger partial charge in [0.25, 0.3) is 5.56 Å². The quantitative estimate of drug-likeness (QED) is 0.400. The summed E-state index contributed by atoms with van der Waals surface area (Å²) in [5, 5.41) is 4.49. The summed E-state index contributed by atoms with van der Waals surface area (Å²) in [6.45, 7) is 3.94. The summed E-state index contributed by atoms with van der Waals surface area (Å²) in [4.78, 5) is 31.3. The van der Waals surface area contributed by atoms with Crippen molar-refractivity contribution < 1.29 is 9.26 Å². The van der Waals surface area contributed by atoms with Crippen molar-refractivity contribution in [3.05, 3.63) is 105 Å². The van der Waals surface area contributed by atoms with Crippen molar-refractivity contribution in [3.63, 3.8) is 0 Å². The Hall–Kier alpha value is -4.46. The Kier molecular flexibility index (Phi) is 5.33. The summed E-state index contributed by atoms with van der Waals surface area (Å²) >= 11 is 0. The van der Waals surface area contributed by atoms with Gasteiger partial charge in [-0.15, -0.1) is 0 Å². The molecule has 0 bridgehead atoms. The Morgan fingerprint density at radius 2 is 1.76 bits per heavy atom. The van der Waals surface area contributed by atoms with E-state index in [1.165, 1.54) is 9.13 Å². The van der Waals surface area contributed by atoms with Crippen molar-refractivity contribution in [2.75, 3.05) is 7.11 Å². The minimum atomic E-state index is -0.479. The lowest BCUT2D eigenvalue weighted by atomic mass is 10.1. The van der Waals surface area contributed by atoms with Crippen LogP contribution in [-0.4, -0.2) is 26.4 Å². The zero-order valence-corrected chi connectivity index (χ0v) is 19.0. The summed E-state index contributed by atoms with van der Waals surface area (Å²) in [5.74, 6) is 1.30. The number of ether oxygens (including phenoxy) is 1. The molecule has 8 heteroatoms. The van der Waals surface area contributed by atoms with Gasteiger partial charge in [0.15, 0.2) is 0 Å². The van der Waals surface area contributed by atoms with Crippen LogP contribution < -0.4 is 16.0 Å². The Morgan fingerprint density at radius 3 is 2.56 bits per heavy atom. The van der Waals surface area contributed by atoms with Gasteiger partial charge in [0.1, 0.15) is 12.3 Å². The van der Waals surface area contributed by atoms with E-state index in [0.29, 0.717) is 28.2 Å². The SMILES string of the molecule is COc1cccc(-c2noc(Cn3c(=O)n(-c4ccc(C)c(C)c4)c(=O)c4ccccc43)n2)c1. The molecule has 0 spiro atoms. The molecule has 5 rings (SSSR count).